The van der Waals surface area contributed by atoms with E-state index < -0.39 is 5.97 Å². The highest BCUT2D eigenvalue weighted by atomic mass is 16.4. The van der Waals surface area contributed by atoms with Crippen LogP contribution >= 0.6 is 0 Å². The Morgan fingerprint density at radius 1 is 1.35 bits per heavy atom. The van der Waals surface area contributed by atoms with Crippen LogP contribution in [0.1, 0.15) is 22.4 Å². The largest absolute Gasteiger partial charge is 0.481 e. The smallest absolute Gasteiger partial charge is 0.307 e. The SMILES string of the molecule is Cc1c(CC(=O)O)c2cccnc2n1Cc1cccc(C#N)c1. The van der Waals surface area contributed by atoms with Crippen molar-refractivity contribution in [3.05, 3.63) is 65.0 Å². The van der Waals surface area contributed by atoms with Gasteiger partial charge >= 0.3 is 5.97 Å². The highest BCUT2D eigenvalue weighted by Gasteiger charge is 2.17. The van der Waals surface area contributed by atoms with Crippen LogP contribution in [0.4, 0.5) is 0 Å². The van der Waals surface area contributed by atoms with Crippen LogP contribution in [-0.2, 0) is 17.8 Å². The van der Waals surface area contributed by atoms with Gasteiger partial charge in [0.1, 0.15) is 5.65 Å². The van der Waals surface area contributed by atoms with Gasteiger partial charge in [0.15, 0.2) is 0 Å². The van der Waals surface area contributed by atoms with Crippen molar-refractivity contribution in [2.45, 2.75) is 19.9 Å². The minimum Gasteiger partial charge on any atom is -0.481 e. The summed E-state index contributed by atoms with van der Waals surface area (Å²) in [5, 5.41) is 19.0. The number of fused-ring (bicyclic) bond motifs is 1. The van der Waals surface area contributed by atoms with Crippen molar-refractivity contribution < 1.29 is 9.90 Å². The van der Waals surface area contributed by atoms with Crippen molar-refractivity contribution in [1.82, 2.24) is 9.55 Å². The Morgan fingerprint density at radius 2 is 2.17 bits per heavy atom. The number of hydrogen-bond donors (Lipinski definition) is 1. The number of carbonyl (C=O) groups is 1. The number of benzene rings is 1. The van der Waals surface area contributed by atoms with Gasteiger partial charge in [0.05, 0.1) is 18.1 Å². The molecule has 0 amide bonds. The van der Waals surface area contributed by atoms with Crippen LogP contribution in [-0.4, -0.2) is 20.6 Å². The molecule has 5 heteroatoms. The third-order valence-corrected chi connectivity index (χ3v) is 3.93. The summed E-state index contributed by atoms with van der Waals surface area (Å²) in [5.74, 6) is -0.859. The van der Waals surface area contributed by atoms with Crippen LogP contribution in [0.25, 0.3) is 11.0 Å². The lowest BCUT2D eigenvalue weighted by Gasteiger charge is -2.08. The van der Waals surface area contributed by atoms with Gasteiger partial charge in [-0.3, -0.25) is 4.79 Å². The van der Waals surface area contributed by atoms with E-state index in [0.29, 0.717) is 12.1 Å². The maximum atomic E-state index is 11.1. The van der Waals surface area contributed by atoms with Crippen molar-refractivity contribution in [2.75, 3.05) is 0 Å². The fourth-order valence-corrected chi connectivity index (χ4v) is 2.85. The van der Waals surface area contributed by atoms with E-state index in [9.17, 15) is 4.79 Å². The second-order valence-electron chi connectivity index (χ2n) is 5.41. The van der Waals surface area contributed by atoms with Gasteiger partial charge in [-0.05, 0) is 42.3 Å². The Balaban J connectivity index is 2.12. The predicted octanol–water partition coefficient (Wildman–Crippen LogP) is 2.89. The minimum absolute atomic E-state index is 0.0285. The molecular weight excluding hydrogens is 290 g/mol. The van der Waals surface area contributed by atoms with Crippen molar-refractivity contribution in [3.8, 4) is 6.07 Å². The van der Waals surface area contributed by atoms with Gasteiger partial charge in [0.25, 0.3) is 0 Å². The summed E-state index contributed by atoms with van der Waals surface area (Å²) in [6.45, 7) is 2.46. The zero-order valence-electron chi connectivity index (χ0n) is 12.7. The summed E-state index contributed by atoms with van der Waals surface area (Å²) in [7, 11) is 0. The fraction of sp³-hybridized carbons (Fsp3) is 0.167. The Bertz CT molecular complexity index is 935. The topological polar surface area (TPSA) is 78.9 Å². The molecule has 0 bridgehead atoms. The molecule has 1 aromatic carbocycles. The number of aromatic nitrogens is 2. The van der Waals surface area contributed by atoms with Gasteiger partial charge in [-0.2, -0.15) is 5.26 Å². The maximum absolute atomic E-state index is 11.1. The van der Waals surface area contributed by atoms with Gasteiger partial charge in [0.2, 0.25) is 0 Å². The molecule has 23 heavy (non-hydrogen) atoms. The molecule has 0 fully saturated rings. The summed E-state index contributed by atoms with van der Waals surface area (Å²) in [6, 6.07) is 13.2. The first-order valence-corrected chi connectivity index (χ1v) is 7.23. The maximum Gasteiger partial charge on any atom is 0.307 e. The lowest BCUT2D eigenvalue weighted by Crippen LogP contribution is -2.05. The molecule has 2 heterocycles. The van der Waals surface area contributed by atoms with Crippen molar-refractivity contribution >= 4 is 17.0 Å². The van der Waals surface area contributed by atoms with E-state index in [0.717, 1.165) is 27.9 Å². The van der Waals surface area contributed by atoms with Crippen LogP contribution in [0.5, 0.6) is 0 Å². The van der Waals surface area contributed by atoms with E-state index in [2.05, 4.69) is 11.1 Å². The standard InChI is InChI=1S/C18H15N3O2/c1-12-16(9-17(22)23)15-6-3-7-20-18(15)21(12)11-14-5-2-4-13(8-14)10-19/h2-8H,9,11H2,1H3,(H,22,23). The fourth-order valence-electron chi connectivity index (χ4n) is 2.85. The van der Waals surface area contributed by atoms with Crippen molar-refractivity contribution in [1.29, 1.82) is 5.26 Å². The van der Waals surface area contributed by atoms with E-state index in [1.165, 1.54) is 0 Å². The number of rotatable bonds is 4. The minimum atomic E-state index is -0.859. The monoisotopic (exact) mass is 305 g/mol. The molecule has 5 nitrogen and oxygen atoms in total. The summed E-state index contributed by atoms with van der Waals surface area (Å²) in [5.41, 5.74) is 4.04. The Kier molecular flexibility index (Phi) is 3.82. The Morgan fingerprint density at radius 3 is 2.91 bits per heavy atom. The lowest BCUT2D eigenvalue weighted by atomic mass is 10.1. The van der Waals surface area contributed by atoms with Crippen molar-refractivity contribution in [3.63, 3.8) is 0 Å². The summed E-state index contributed by atoms with van der Waals surface area (Å²) in [6.07, 6.45) is 1.67. The van der Waals surface area contributed by atoms with Crippen LogP contribution in [0.3, 0.4) is 0 Å². The van der Waals surface area contributed by atoms with Gasteiger partial charge in [-0.25, -0.2) is 4.98 Å². The molecular formula is C18H15N3O2. The Hall–Kier alpha value is -3.13. The first kappa shape index (κ1) is 14.8. The quantitative estimate of drug-likeness (QED) is 0.804. The summed E-state index contributed by atoms with van der Waals surface area (Å²) >= 11 is 0. The van der Waals surface area contributed by atoms with E-state index in [-0.39, 0.29) is 6.42 Å². The third kappa shape index (κ3) is 2.79. The lowest BCUT2D eigenvalue weighted by molar-refractivity contribution is -0.136. The molecule has 1 N–H and O–H groups in total. The van der Waals surface area contributed by atoms with Crippen molar-refractivity contribution in [2.24, 2.45) is 0 Å². The molecule has 0 atom stereocenters. The highest BCUT2D eigenvalue weighted by Crippen LogP contribution is 2.26. The molecule has 0 aliphatic heterocycles. The second kappa shape index (κ2) is 5.93. The van der Waals surface area contributed by atoms with Gasteiger partial charge in [-0.1, -0.05) is 12.1 Å². The van der Waals surface area contributed by atoms with E-state index in [4.69, 9.17) is 10.4 Å². The van der Waals surface area contributed by atoms with Crippen LogP contribution in [0, 0.1) is 18.3 Å². The molecule has 0 radical (unpaired) electrons. The van der Waals surface area contributed by atoms with Crippen LogP contribution in [0.15, 0.2) is 42.6 Å². The molecule has 2 aromatic heterocycles. The molecule has 3 aromatic rings. The van der Waals surface area contributed by atoms with Gasteiger partial charge < -0.3 is 9.67 Å². The third-order valence-electron chi connectivity index (χ3n) is 3.93. The van der Waals surface area contributed by atoms with E-state index >= 15 is 0 Å². The second-order valence-corrected chi connectivity index (χ2v) is 5.41. The number of carboxylic acid groups (broad SMARTS) is 1. The molecule has 0 saturated carbocycles. The van der Waals surface area contributed by atoms with Crippen LogP contribution < -0.4 is 0 Å². The predicted molar refractivity (Wildman–Crippen MR) is 86.1 cm³/mol. The zero-order valence-corrected chi connectivity index (χ0v) is 12.7. The molecule has 0 aliphatic rings. The first-order valence-electron chi connectivity index (χ1n) is 7.23. The van der Waals surface area contributed by atoms with Crippen LogP contribution in [0.2, 0.25) is 0 Å². The number of hydrogen-bond acceptors (Lipinski definition) is 3. The van der Waals surface area contributed by atoms with Gasteiger partial charge in [-0.15, -0.1) is 0 Å². The molecule has 0 aliphatic carbocycles. The van der Waals surface area contributed by atoms with Gasteiger partial charge in [0, 0.05) is 23.8 Å². The molecule has 0 unspecified atom stereocenters. The average Bonchev–Trinajstić information content (AvgIpc) is 2.81. The molecule has 0 spiro atoms. The molecule has 0 saturated heterocycles. The molecule has 114 valence electrons. The Labute approximate surface area is 133 Å². The zero-order chi connectivity index (χ0) is 16.4. The summed E-state index contributed by atoms with van der Waals surface area (Å²) in [4.78, 5) is 15.6. The normalized spacial score (nSPS) is 10.6. The number of pyridine rings is 1. The number of carboxylic acids is 1. The number of nitriles is 1. The summed E-state index contributed by atoms with van der Waals surface area (Å²) < 4.78 is 2.00. The average molecular weight is 305 g/mol. The molecule has 3 rings (SSSR count). The van der Waals surface area contributed by atoms with E-state index in [1.54, 1.807) is 12.3 Å². The van der Waals surface area contributed by atoms with E-state index in [1.807, 2.05) is 41.8 Å². The number of nitrogens with zero attached hydrogens (tertiary/aromatic N) is 3. The first-order chi connectivity index (χ1) is 11.1. The highest BCUT2D eigenvalue weighted by molar-refractivity contribution is 5.86. The number of aliphatic carboxylic acids is 1.